The SMILES string of the molecule is C[C@H](NC(=O)CNC(=O)CNC(=O)CNC(=O)[C@@H](N)CS)C(=O)N1CCC[C@H]1C(=O)NCC(=O)N[C@@H](CCC(=O)O)C(=O)N[C@@H](CCCN=C(N)N)C(=O)O. The van der Waals surface area contributed by atoms with Crippen molar-refractivity contribution in [3.05, 3.63) is 0 Å². The lowest BCUT2D eigenvalue weighted by Gasteiger charge is -2.27. The number of carboxylic acid groups (broad SMARTS) is 2. The molecule has 0 bridgehead atoms. The summed E-state index contributed by atoms with van der Waals surface area (Å²) in [6, 6.07) is -5.95. The molecule has 5 atom stereocenters. The van der Waals surface area contributed by atoms with Crippen molar-refractivity contribution in [1.29, 1.82) is 0 Å². The van der Waals surface area contributed by atoms with E-state index < -0.39 is 128 Å². The first-order chi connectivity index (χ1) is 25.9. The molecule has 1 fully saturated rings. The number of carbonyl (C=O) groups excluding carboxylic acids is 8. The van der Waals surface area contributed by atoms with Crippen LogP contribution in [0.3, 0.4) is 0 Å². The number of likely N-dealkylation sites (tertiary alicyclic amines) is 1. The predicted molar refractivity (Wildman–Crippen MR) is 194 cm³/mol. The van der Waals surface area contributed by atoms with Crippen molar-refractivity contribution in [2.24, 2.45) is 22.2 Å². The van der Waals surface area contributed by atoms with Crippen LogP contribution in [0.2, 0.25) is 0 Å². The molecule has 308 valence electrons. The molecular formula is C30H50N12O12S. The average Bonchev–Trinajstić information content (AvgIpc) is 3.63. The van der Waals surface area contributed by atoms with Crippen molar-refractivity contribution in [2.75, 3.05) is 45.0 Å². The van der Waals surface area contributed by atoms with E-state index in [9.17, 15) is 53.1 Å². The van der Waals surface area contributed by atoms with Gasteiger partial charge in [-0.2, -0.15) is 12.6 Å². The van der Waals surface area contributed by atoms with Gasteiger partial charge in [-0.3, -0.25) is 48.1 Å². The van der Waals surface area contributed by atoms with Crippen molar-refractivity contribution < 1.29 is 58.2 Å². The number of amides is 8. The highest BCUT2D eigenvalue weighted by atomic mass is 32.1. The van der Waals surface area contributed by atoms with E-state index in [1.165, 1.54) is 11.8 Å². The van der Waals surface area contributed by atoms with Crippen molar-refractivity contribution >= 4 is 77.8 Å². The summed E-state index contributed by atoms with van der Waals surface area (Å²) in [5, 5.41) is 34.7. The van der Waals surface area contributed by atoms with E-state index in [2.05, 4.69) is 54.8 Å². The highest BCUT2D eigenvalue weighted by Crippen LogP contribution is 2.18. The number of nitrogens with two attached hydrogens (primary N) is 3. The molecule has 55 heavy (non-hydrogen) atoms. The van der Waals surface area contributed by atoms with Crippen LogP contribution in [-0.2, 0) is 47.9 Å². The molecule has 0 aromatic heterocycles. The fourth-order valence-electron chi connectivity index (χ4n) is 4.87. The molecule has 0 aromatic rings. The van der Waals surface area contributed by atoms with Gasteiger partial charge in [0.05, 0.1) is 32.2 Å². The molecule has 0 spiro atoms. The average molecular weight is 803 g/mol. The Bertz CT molecular complexity index is 1460. The zero-order valence-electron chi connectivity index (χ0n) is 30.1. The van der Waals surface area contributed by atoms with Crippen molar-refractivity contribution in [2.45, 2.75) is 75.7 Å². The maximum Gasteiger partial charge on any atom is 0.326 e. The summed E-state index contributed by atoms with van der Waals surface area (Å²) in [5.41, 5.74) is 15.9. The van der Waals surface area contributed by atoms with Gasteiger partial charge in [0, 0.05) is 25.3 Å². The molecular weight excluding hydrogens is 752 g/mol. The Balaban J connectivity index is 2.65. The Labute approximate surface area is 320 Å². The van der Waals surface area contributed by atoms with Crippen LogP contribution in [0.1, 0.15) is 45.4 Å². The second kappa shape index (κ2) is 24.6. The molecule has 24 nitrogen and oxygen atoms in total. The second-order valence-corrected chi connectivity index (χ2v) is 12.5. The van der Waals surface area contributed by atoms with E-state index in [1.807, 2.05) is 0 Å². The molecule has 8 amide bonds. The zero-order valence-corrected chi connectivity index (χ0v) is 31.0. The van der Waals surface area contributed by atoms with Gasteiger partial charge in [-0.25, -0.2) is 4.79 Å². The van der Waals surface area contributed by atoms with Crippen LogP contribution in [0.4, 0.5) is 0 Å². The fourth-order valence-corrected chi connectivity index (χ4v) is 5.04. The number of aliphatic imine (C=N–C) groups is 1. The van der Waals surface area contributed by atoms with Crippen molar-refractivity contribution in [1.82, 2.24) is 42.1 Å². The summed E-state index contributed by atoms with van der Waals surface area (Å²) < 4.78 is 0. The van der Waals surface area contributed by atoms with Crippen LogP contribution < -0.4 is 54.4 Å². The van der Waals surface area contributed by atoms with Crippen LogP contribution in [0.25, 0.3) is 0 Å². The Morgan fingerprint density at radius 2 is 1.36 bits per heavy atom. The number of carbonyl (C=O) groups is 10. The lowest BCUT2D eigenvalue weighted by atomic mass is 10.1. The van der Waals surface area contributed by atoms with Crippen LogP contribution in [-0.4, -0.2) is 155 Å². The minimum absolute atomic E-state index is 0.0635. The summed E-state index contributed by atoms with van der Waals surface area (Å²) in [6.45, 7) is -0.594. The molecule has 25 heteroatoms. The first-order valence-electron chi connectivity index (χ1n) is 17.0. The third kappa shape index (κ3) is 18.7. The lowest BCUT2D eigenvalue weighted by molar-refractivity contribution is -0.143. The molecule has 1 saturated heterocycles. The van der Waals surface area contributed by atoms with Gasteiger partial charge < -0.3 is 69.5 Å². The molecule has 1 aliphatic heterocycles. The number of nitrogens with one attached hydrogen (secondary N) is 7. The van der Waals surface area contributed by atoms with Gasteiger partial charge in [0.15, 0.2) is 5.96 Å². The van der Waals surface area contributed by atoms with Crippen LogP contribution >= 0.6 is 12.6 Å². The number of hydrogen-bond acceptors (Lipinski definition) is 13. The fraction of sp³-hybridized carbons (Fsp3) is 0.633. The van der Waals surface area contributed by atoms with E-state index in [1.54, 1.807) is 0 Å². The standard InChI is InChI=1S/C30H50N12O12S/c1-15(39-22(45)12-36-20(43)10-35-21(44)11-37-25(49)16(31)14-55)28(52)42-9-3-5-19(42)27(51)38-13-23(46)40-17(6-7-24(47)48)26(50)41-18(29(53)54)4-2-8-34-30(32)33/h15-19,55H,2-14,31H2,1H3,(H,35,44)(H,36,43)(H,37,49)(H,38,51)(H,39,45)(H,40,46)(H,41,50)(H,47,48)(H,53,54)(H4,32,33,34)/t15-,16-,17-,18-,19-/m0/s1. The summed E-state index contributed by atoms with van der Waals surface area (Å²) in [4.78, 5) is 127. The molecule has 1 heterocycles. The molecule has 0 saturated carbocycles. The first-order valence-corrected chi connectivity index (χ1v) is 17.6. The van der Waals surface area contributed by atoms with E-state index in [-0.39, 0.29) is 44.1 Å². The highest BCUT2D eigenvalue weighted by molar-refractivity contribution is 7.80. The number of guanidine groups is 1. The van der Waals surface area contributed by atoms with E-state index in [4.69, 9.17) is 22.3 Å². The lowest BCUT2D eigenvalue weighted by Crippen LogP contribution is -2.55. The second-order valence-electron chi connectivity index (χ2n) is 12.2. The van der Waals surface area contributed by atoms with E-state index in [0.29, 0.717) is 6.42 Å². The Morgan fingerprint density at radius 1 is 0.782 bits per heavy atom. The highest BCUT2D eigenvalue weighted by Gasteiger charge is 2.36. The molecule has 1 rings (SSSR count). The van der Waals surface area contributed by atoms with Crippen LogP contribution in [0.5, 0.6) is 0 Å². The third-order valence-corrected chi connectivity index (χ3v) is 8.11. The third-order valence-electron chi connectivity index (χ3n) is 7.72. The summed E-state index contributed by atoms with van der Waals surface area (Å²) in [6.07, 6.45) is -0.221. The van der Waals surface area contributed by atoms with Gasteiger partial charge >= 0.3 is 11.9 Å². The summed E-state index contributed by atoms with van der Waals surface area (Å²) >= 11 is 3.87. The minimum Gasteiger partial charge on any atom is -0.481 e. The maximum absolute atomic E-state index is 13.1. The van der Waals surface area contributed by atoms with Gasteiger partial charge in [-0.05, 0) is 39.0 Å². The molecule has 0 aromatic carbocycles. The molecule has 0 unspecified atom stereocenters. The van der Waals surface area contributed by atoms with Gasteiger partial charge in [0.1, 0.15) is 24.2 Å². The Hall–Kier alpha value is -5.72. The number of rotatable bonds is 24. The van der Waals surface area contributed by atoms with Crippen molar-refractivity contribution in [3.8, 4) is 0 Å². The maximum atomic E-state index is 13.1. The van der Waals surface area contributed by atoms with Gasteiger partial charge in [-0.1, -0.05) is 0 Å². The van der Waals surface area contributed by atoms with Crippen molar-refractivity contribution in [3.63, 3.8) is 0 Å². The Morgan fingerprint density at radius 3 is 1.95 bits per heavy atom. The Kier molecular flexibility index (Phi) is 21.1. The summed E-state index contributed by atoms with van der Waals surface area (Å²) in [7, 11) is 0. The predicted octanol–water partition coefficient (Wildman–Crippen LogP) is -6.82. The normalized spacial score (nSPS) is 15.5. The number of nitrogens with zero attached hydrogens (tertiary/aromatic N) is 2. The minimum atomic E-state index is -1.47. The van der Waals surface area contributed by atoms with Crippen LogP contribution in [0.15, 0.2) is 4.99 Å². The molecule has 15 N–H and O–H groups in total. The van der Waals surface area contributed by atoms with Gasteiger partial charge in [0.2, 0.25) is 47.3 Å². The largest absolute Gasteiger partial charge is 0.481 e. The molecule has 0 radical (unpaired) electrons. The number of carboxylic acids is 2. The van der Waals surface area contributed by atoms with Gasteiger partial charge in [0.25, 0.3) is 0 Å². The number of hydrogen-bond donors (Lipinski definition) is 13. The summed E-state index contributed by atoms with van der Waals surface area (Å²) in [5.74, 6) is -8.85. The molecule has 0 aliphatic carbocycles. The number of thiol groups is 1. The molecule has 1 aliphatic rings. The monoisotopic (exact) mass is 802 g/mol. The van der Waals surface area contributed by atoms with E-state index in [0.717, 1.165) is 0 Å². The topological polar surface area (TPSA) is 389 Å². The smallest absolute Gasteiger partial charge is 0.326 e. The first kappa shape index (κ1) is 47.3. The van der Waals surface area contributed by atoms with Crippen LogP contribution in [0, 0.1) is 0 Å². The number of aliphatic carboxylic acids is 2. The van der Waals surface area contributed by atoms with Gasteiger partial charge in [-0.15, -0.1) is 0 Å². The zero-order chi connectivity index (χ0) is 41.7. The quantitative estimate of drug-likeness (QED) is 0.0187. The van der Waals surface area contributed by atoms with E-state index >= 15 is 0 Å².